The Labute approximate surface area is 189 Å². The van der Waals surface area contributed by atoms with Gasteiger partial charge in [0.1, 0.15) is 17.7 Å². The lowest BCUT2D eigenvalue weighted by Gasteiger charge is -2.23. The lowest BCUT2D eigenvalue weighted by Crippen LogP contribution is -2.43. The van der Waals surface area contributed by atoms with Crippen LogP contribution in [0.25, 0.3) is 0 Å². The number of rotatable bonds is 7. The molecule has 2 amide bonds. The van der Waals surface area contributed by atoms with Gasteiger partial charge in [0.25, 0.3) is 5.91 Å². The average molecular weight is 457 g/mol. The van der Waals surface area contributed by atoms with Gasteiger partial charge >= 0.3 is 0 Å². The van der Waals surface area contributed by atoms with Crippen molar-refractivity contribution in [3.63, 3.8) is 0 Å². The highest BCUT2D eigenvalue weighted by Gasteiger charge is 2.27. The number of nitrogens with one attached hydrogen (secondary N) is 3. The van der Waals surface area contributed by atoms with E-state index in [0.29, 0.717) is 11.8 Å². The Hall–Kier alpha value is -3.79. The van der Waals surface area contributed by atoms with Crippen LogP contribution in [0.5, 0.6) is 0 Å². The van der Waals surface area contributed by atoms with Crippen molar-refractivity contribution in [3.05, 3.63) is 77.0 Å². The minimum absolute atomic E-state index is 0.243. The number of aliphatic hydroxyl groups excluding tert-OH is 1. The molecule has 2 aromatic carbocycles. The number of halogens is 2. The molecule has 0 aliphatic rings. The second kappa shape index (κ2) is 9.37. The number of anilines is 2. The van der Waals surface area contributed by atoms with E-state index in [1.165, 1.54) is 6.92 Å². The minimum atomic E-state index is -1.84. The fraction of sp³-hybridized carbons (Fsp3) is 0.261. The van der Waals surface area contributed by atoms with Crippen molar-refractivity contribution in [1.29, 1.82) is 0 Å². The molecule has 8 nitrogen and oxygen atoms in total. The number of aromatic nitrogens is 2. The number of nitrogens with zero attached hydrogens (tertiary/aromatic N) is 1. The van der Waals surface area contributed by atoms with Gasteiger partial charge in [0.05, 0.1) is 0 Å². The molecular weight excluding hydrogens is 432 g/mol. The van der Waals surface area contributed by atoms with Crippen LogP contribution in [-0.2, 0) is 15.0 Å². The van der Waals surface area contributed by atoms with Crippen LogP contribution in [0.2, 0.25) is 0 Å². The Balaban J connectivity index is 1.63. The molecule has 1 aromatic heterocycles. The number of carbonyl (C=O) groups is 2. The van der Waals surface area contributed by atoms with Crippen LogP contribution in [0.15, 0.2) is 48.5 Å². The van der Waals surface area contributed by atoms with Crippen molar-refractivity contribution in [3.8, 4) is 0 Å². The van der Waals surface area contributed by atoms with E-state index in [4.69, 9.17) is 5.73 Å². The van der Waals surface area contributed by atoms with Crippen LogP contribution in [-0.4, -0.2) is 33.2 Å². The minimum Gasteiger partial charge on any atom is -0.399 e. The number of aliphatic hydroxyl groups is 1. The van der Waals surface area contributed by atoms with Crippen molar-refractivity contribution >= 4 is 23.3 Å². The number of nitrogens with two attached hydrogens (primary N) is 1. The van der Waals surface area contributed by atoms with Crippen molar-refractivity contribution in [2.75, 3.05) is 11.1 Å². The Morgan fingerprint density at radius 1 is 1.06 bits per heavy atom. The molecule has 6 N–H and O–H groups in total. The summed E-state index contributed by atoms with van der Waals surface area (Å²) in [5.41, 5.74) is 7.41. The second-order valence-corrected chi connectivity index (χ2v) is 8.24. The Morgan fingerprint density at radius 2 is 1.67 bits per heavy atom. The van der Waals surface area contributed by atoms with Crippen LogP contribution in [0, 0.1) is 11.6 Å². The highest BCUT2D eigenvalue weighted by molar-refractivity contribution is 5.97. The van der Waals surface area contributed by atoms with Crippen molar-refractivity contribution in [2.24, 2.45) is 0 Å². The van der Waals surface area contributed by atoms with E-state index >= 15 is 0 Å². The van der Waals surface area contributed by atoms with Crippen LogP contribution < -0.4 is 16.4 Å². The van der Waals surface area contributed by atoms with E-state index in [1.54, 1.807) is 18.2 Å². The molecule has 3 aromatic rings. The molecule has 0 fully saturated rings. The highest BCUT2D eigenvalue weighted by Crippen LogP contribution is 2.31. The molecule has 2 atom stereocenters. The lowest BCUT2D eigenvalue weighted by molar-refractivity contribution is -0.132. The number of amides is 2. The van der Waals surface area contributed by atoms with Gasteiger partial charge in [-0.1, -0.05) is 26.0 Å². The fourth-order valence-electron chi connectivity index (χ4n) is 3.24. The van der Waals surface area contributed by atoms with Crippen LogP contribution in [0.1, 0.15) is 43.7 Å². The molecule has 0 saturated carbocycles. The number of aromatic amines is 1. The van der Waals surface area contributed by atoms with E-state index in [1.807, 2.05) is 26.0 Å². The number of H-pyrrole nitrogens is 1. The molecule has 0 bridgehead atoms. The molecule has 0 radical (unpaired) electrons. The van der Waals surface area contributed by atoms with E-state index in [-0.39, 0.29) is 11.4 Å². The van der Waals surface area contributed by atoms with Gasteiger partial charge in [-0.25, -0.2) is 8.78 Å². The summed E-state index contributed by atoms with van der Waals surface area (Å²) in [6.45, 7) is 5.37. The molecule has 0 aliphatic heterocycles. The van der Waals surface area contributed by atoms with Gasteiger partial charge < -0.3 is 21.5 Å². The summed E-state index contributed by atoms with van der Waals surface area (Å²) in [4.78, 5) is 24.7. The number of nitrogen functional groups attached to an aromatic ring is 1. The Kier molecular flexibility index (Phi) is 6.78. The third-order valence-electron chi connectivity index (χ3n) is 5.34. The predicted molar refractivity (Wildman–Crippen MR) is 119 cm³/mol. The van der Waals surface area contributed by atoms with Crippen molar-refractivity contribution in [1.82, 2.24) is 15.5 Å². The van der Waals surface area contributed by atoms with E-state index in [2.05, 4.69) is 20.8 Å². The van der Waals surface area contributed by atoms with Crippen LogP contribution in [0.4, 0.5) is 20.3 Å². The van der Waals surface area contributed by atoms with Crippen molar-refractivity contribution in [2.45, 2.75) is 38.3 Å². The molecule has 1 heterocycles. The largest absolute Gasteiger partial charge is 0.399 e. The van der Waals surface area contributed by atoms with Gasteiger partial charge in [0.15, 0.2) is 11.9 Å². The molecule has 33 heavy (non-hydrogen) atoms. The standard InChI is InChI=1S/C23H25F2N5O3/c1-12(27-22(33)20(31)13-8-15(24)10-16(25)9-13)21(32)28-19-11-18(29-30-19)23(2,3)14-4-6-17(26)7-5-14/h4-12,20,31H,26H2,1-3H3,(H,27,33)(H2,28,29,30,32)/t12-,20?/m0/s1. The Morgan fingerprint density at radius 3 is 2.27 bits per heavy atom. The fourth-order valence-corrected chi connectivity index (χ4v) is 3.24. The monoisotopic (exact) mass is 457 g/mol. The predicted octanol–water partition coefficient (Wildman–Crippen LogP) is 2.77. The van der Waals surface area contributed by atoms with Gasteiger partial charge in [0, 0.05) is 28.9 Å². The molecule has 10 heteroatoms. The summed E-state index contributed by atoms with van der Waals surface area (Å²) in [5.74, 6) is -3.19. The number of carbonyl (C=O) groups excluding carboxylic acids is 2. The summed E-state index contributed by atoms with van der Waals surface area (Å²) in [7, 11) is 0. The normalized spacial score (nSPS) is 13.3. The SMILES string of the molecule is C[C@H](NC(=O)C(O)c1cc(F)cc(F)c1)C(=O)Nc1cc(C(C)(C)c2ccc(N)cc2)[nH]n1. The van der Waals surface area contributed by atoms with E-state index in [0.717, 1.165) is 23.4 Å². The zero-order valence-electron chi connectivity index (χ0n) is 18.3. The molecule has 0 saturated heterocycles. The first kappa shape index (κ1) is 23.9. The number of hydrogen-bond donors (Lipinski definition) is 5. The van der Waals surface area contributed by atoms with Crippen molar-refractivity contribution < 1.29 is 23.5 Å². The second-order valence-electron chi connectivity index (χ2n) is 8.24. The van der Waals surface area contributed by atoms with Gasteiger partial charge in [-0.3, -0.25) is 14.7 Å². The molecule has 1 unspecified atom stereocenters. The maximum atomic E-state index is 13.3. The first-order chi connectivity index (χ1) is 15.5. The average Bonchev–Trinajstić information content (AvgIpc) is 3.22. The van der Waals surface area contributed by atoms with Gasteiger partial charge in [-0.05, 0) is 42.3 Å². The first-order valence-corrected chi connectivity index (χ1v) is 10.1. The summed E-state index contributed by atoms with van der Waals surface area (Å²) < 4.78 is 26.7. The summed E-state index contributed by atoms with van der Waals surface area (Å²) in [6.07, 6.45) is -1.84. The number of benzene rings is 2. The van der Waals surface area contributed by atoms with Gasteiger partial charge in [-0.15, -0.1) is 0 Å². The topological polar surface area (TPSA) is 133 Å². The molecule has 3 rings (SSSR count). The quantitative estimate of drug-likeness (QED) is 0.348. The van der Waals surface area contributed by atoms with Gasteiger partial charge in [-0.2, -0.15) is 5.10 Å². The molecule has 174 valence electrons. The van der Waals surface area contributed by atoms with Crippen LogP contribution >= 0.6 is 0 Å². The van der Waals surface area contributed by atoms with Gasteiger partial charge in [0.2, 0.25) is 5.91 Å². The highest BCUT2D eigenvalue weighted by atomic mass is 19.1. The third-order valence-corrected chi connectivity index (χ3v) is 5.34. The van der Waals surface area contributed by atoms with Crippen LogP contribution in [0.3, 0.4) is 0 Å². The van der Waals surface area contributed by atoms with E-state index in [9.17, 15) is 23.5 Å². The first-order valence-electron chi connectivity index (χ1n) is 10.1. The third kappa shape index (κ3) is 5.53. The zero-order valence-corrected chi connectivity index (χ0v) is 18.3. The maximum Gasteiger partial charge on any atom is 0.254 e. The summed E-state index contributed by atoms with van der Waals surface area (Å²) in [6, 6.07) is 10.3. The smallest absolute Gasteiger partial charge is 0.254 e. The Bertz CT molecular complexity index is 1140. The summed E-state index contributed by atoms with van der Waals surface area (Å²) >= 11 is 0. The van der Waals surface area contributed by atoms with E-state index < -0.39 is 41.0 Å². The summed E-state index contributed by atoms with van der Waals surface area (Å²) in [5, 5.41) is 22.0. The molecular formula is C23H25F2N5O3. The molecule has 0 aliphatic carbocycles. The zero-order chi connectivity index (χ0) is 24.3. The maximum absolute atomic E-state index is 13.3. The molecule has 0 spiro atoms. The lowest BCUT2D eigenvalue weighted by atomic mass is 9.81. The number of hydrogen-bond acceptors (Lipinski definition) is 5.